The maximum Gasteiger partial charge on any atom is 0.328 e. The van der Waals surface area contributed by atoms with E-state index in [1.807, 2.05) is 12.2 Å². The number of allylic oxidation sites excluding steroid dienone is 5. The van der Waals surface area contributed by atoms with Crippen molar-refractivity contribution >= 4 is 21.9 Å². The second-order valence-corrected chi connectivity index (χ2v) is 2.31. The Morgan fingerprint density at radius 2 is 1.91 bits per heavy atom. The normalized spacial score (nSPS) is 12.1. The fourth-order valence-corrected chi connectivity index (χ4v) is 0.612. The van der Waals surface area contributed by atoms with Gasteiger partial charge in [0.25, 0.3) is 0 Å². The van der Waals surface area contributed by atoms with Crippen molar-refractivity contribution in [3.05, 3.63) is 36.5 Å². The van der Waals surface area contributed by atoms with E-state index in [2.05, 4.69) is 15.9 Å². The predicted molar refractivity (Wildman–Crippen MR) is 48.8 cm³/mol. The summed E-state index contributed by atoms with van der Waals surface area (Å²) < 4.78 is 0. The molecule has 0 saturated carbocycles. The van der Waals surface area contributed by atoms with Crippen LogP contribution < -0.4 is 0 Å². The quantitative estimate of drug-likeness (QED) is 0.445. The number of rotatable bonds is 4. The van der Waals surface area contributed by atoms with E-state index in [1.165, 1.54) is 6.08 Å². The summed E-state index contributed by atoms with van der Waals surface area (Å²) in [6.07, 6.45) is 9.72. The maximum absolute atomic E-state index is 9.94. The molecular weight excluding hydrogens is 208 g/mol. The van der Waals surface area contributed by atoms with Crippen LogP contribution in [0, 0.1) is 0 Å². The predicted octanol–water partition coefficient (Wildman–Crippen LogP) is 2.13. The van der Waals surface area contributed by atoms with Crippen LogP contribution in [0.25, 0.3) is 0 Å². The van der Waals surface area contributed by atoms with Gasteiger partial charge in [0.15, 0.2) is 0 Å². The van der Waals surface area contributed by atoms with Gasteiger partial charge in [-0.25, -0.2) is 4.79 Å². The molecule has 2 nitrogen and oxygen atoms in total. The van der Waals surface area contributed by atoms with E-state index in [-0.39, 0.29) is 0 Å². The lowest BCUT2D eigenvalue weighted by Crippen LogP contribution is -1.84. The van der Waals surface area contributed by atoms with Crippen LogP contribution in [0.2, 0.25) is 0 Å². The number of halogens is 1. The molecule has 0 unspecified atom stereocenters. The Bertz CT molecular complexity index is 192. The van der Waals surface area contributed by atoms with Gasteiger partial charge >= 0.3 is 5.97 Å². The molecule has 0 aromatic carbocycles. The van der Waals surface area contributed by atoms with Crippen molar-refractivity contribution in [3.63, 3.8) is 0 Å². The molecule has 3 heteroatoms. The van der Waals surface area contributed by atoms with Gasteiger partial charge in [0.2, 0.25) is 0 Å². The number of hydrogen-bond donors (Lipinski definition) is 1. The van der Waals surface area contributed by atoms with E-state index in [4.69, 9.17) is 5.11 Å². The van der Waals surface area contributed by atoms with E-state index in [1.54, 1.807) is 12.2 Å². The first-order chi connectivity index (χ1) is 5.27. The molecule has 0 aromatic rings. The first kappa shape index (κ1) is 10.2. The Balaban J connectivity index is 3.60. The summed E-state index contributed by atoms with van der Waals surface area (Å²) in [5, 5.41) is 8.98. The minimum absolute atomic E-state index is 0.806. The van der Waals surface area contributed by atoms with Gasteiger partial charge in [0, 0.05) is 11.4 Å². The third kappa shape index (κ3) is 9.17. The second kappa shape index (κ2) is 7.28. The van der Waals surface area contributed by atoms with Crippen molar-refractivity contribution in [3.8, 4) is 0 Å². The van der Waals surface area contributed by atoms with Crippen molar-refractivity contribution in [1.29, 1.82) is 0 Å². The topological polar surface area (TPSA) is 37.3 Å². The molecule has 0 fully saturated rings. The lowest BCUT2D eigenvalue weighted by atomic mass is 10.4. The lowest BCUT2D eigenvalue weighted by Gasteiger charge is -1.74. The summed E-state index contributed by atoms with van der Waals surface area (Å²) >= 11 is 3.21. The Labute approximate surface area is 74.0 Å². The van der Waals surface area contributed by atoms with Gasteiger partial charge in [-0.05, 0) is 0 Å². The number of hydrogen-bond acceptors (Lipinski definition) is 1. The first-order valence-corrected chi connectivity index (χ1v) is 4.18. The third-order valence-electron chi connectivity index (χ3n) is 0.797. The zero-order chi connectivity index (χ0) is 8.53. The Morgan fingerprint density at radius 3 is 2.45 bits per heavy atom. The summed E-state index contributed by atoms with van der Waals surface area (Å²) in [5.41, 5.74) is 0. The summed E-state index contributed by atoms with van der Waals surface area (Å²) in [4.78, 5) is 9.94. The van der Waals surface area contributed by atoms with Crippen molar-refractivity contribution < 1.29 is 9.90 Å². The summed E-state index contributed by atoms with van der Waals surface area (Å²) in [6.45, 7) is 0. The van der Waals surface area contributed by atoms with Gasteiger partial charge < -0.3 is 5.11 Å². The average Bonchev–Trinajstić information content (AvgIpc) is 1.96. The molecule has 0 bridgehead atoms. The number of carboxylic acid groups (broad SMARTS) is 1. The van der Waals surface area contributed by atoms with Gasteiger partial charge in [-0.3, -0.25) is 0 Å². The van der Waals surface area contributed by atoms with Gasteiger partial charge in [-0.2, -0.15) is 0 Å². The number of carbonyl (C=O) groups is 1. The Morgan fingerprint density at radius 1 is 1.27 bits per heavy atom. The summed E-state index contributed by atoms with van der Waals surface area (Å²) in [5.74, 6) is -0.931. The summed E-state index contributed by atoms with van der Waals surface area (Å²) in [6, 6.07) is 0. The highest BCUT2D eigenvalue weighted by atomic mass is 79.9. The number of alkyl halides is 1. The maximum atomic E-state index is 9.94. The molecule has 11 heavy (non-hydrogen) atoms. The smallest absolute Gasteiger partial charge is 0.328 e. The van der Waals surface area contributed by atoms with Crippen molar-refractivity contribution in [1.82, 2.24) is 0 Å². The van der Waals surface area contributed by atoms with Crippen molar-refractivity contribution in [2.45, 2.75) is 0 Å². The molecule has 0 aromatic heterocycles. The van der Waals surface area contributed by atoms with Crippen LogP contribution in [-0.4, -0.2) is 16.4 Å². The van der Waals surface area contributed by atoms with Crippen molar-refractivity contribution in [2.24, 2.45) is 0 Å². The van der Waals surface area contributed by atoms with Crippen LogP contribution in [0.5, 0.6) is 0 Å². The Hall–Kier alpha value is -0.830. The molecule has 0 saturated heterocycles. The monoisotopic (exact) mass is 216 g/mol. The fraction of sp³-hybridized carbons (Fsp3) is 0.125. The van der Waals surface area contributed by atoms with Crippen LogP contribution in [-0.2, 0) is 4.79 Å². The van der Waals surface area contributed by atoms with Gasteiger partial charge in [-0.1, -0.05) is 46.3 Å². The van der Waals surface area contributed by atoms with E-state index >= 15 is 0 Å². The van der Waals surface area contributed by atoms with Crippen LogP contribution in [0.4, 0.5) is 0 Å². The minimum atomic E-state index is -0.931. The highest BCUT2D eigenvalue weighted by Gasteiger charge is 1.78. The zero-order valence-corrected chi connectivity index (χ0v) is 7.49. The number of aliphatic carboxylic acids is 1. The molecule has 0 aliphatic rings. The standard InChI is InChI=1S/C8H9BrO2/c9-7-5-3-1-2-4-6-8(10)11/h1-6H,7H2,(H,10,11)/b2-1+,5-3+,6-4+. The van der Waals surface area contributed by atoms with Gasteiger partial charge in [0.1, 0.15) is 0 Å². The van der Waals surface area contributed by atoms with Crippen LogP contribution in [0.3, 0.4) is 0 Å². The zero-order valence-electron chi connectivity index (χ0n) is 5.90. The minimum Gasteiger partial charge on any atom is -0.478 e. The SMILES string of the molecule is O=C(O)/C=C/C=C/C=C/CBr. The largest absolute Gasteiger partial charge is 0.478 e. The first-order valence-electron chi connectivity index (χ1n) is 3.06. The molecule has 0 rings (SSSR count). The average molecular weight is 217 g/mol. The summed E-state index contributed by atoms with van der Waals surface area (Å²) in [7, 11) is 0. The molecule has 0 aliphatic heterocycles. The fourth-order valence-electron chi connectivity index (χ4n) is 0.396. The van der Waals surface area contributed by atoms with E-state index < -0.39 is 5.97 Å². The molecule has 0 amide bonds. The van der Waals surface area contributed by atoms with Crippen LogP contribution in [0.1, 0.15) is 0 Å². The van der Waals surface area contributed by atoms with E-state index in [0.29, 0.717) is 0 Å². The van der Waals surface area contributed by atoms with Crippen LogP contribution >= 0.6 is 15.9 Å². The second-order valence-electron chi connectivity index (χ2n) is 1.66. The van der Waals surface area contributed by atoms with E-state index in [0.717, 1.165) is 11.4 Å². The van der Waals surface area contributed by atoms with Gasteiger partial charge in [-0.15, -0.1) is 0 Å². The molecule has 0 atom stereocenters. The Kier molecular flexibility index (Phi) is 6.73. The van der Waals surface area contributed by atoms with Gasteiger partial charge in [0.05, 0.1) is 0 Å². The molecule has 0 radical (unpaired) electrons. The molecule has 0 aliphatic carbocycles. The van der Waals surface area contributed by atoms with E-state index in [9.17, 15) is 4.79 Å². The van der Waals surface area contributed by atoms with Crippen molar-refractivity contribution in [2.75, 3.05) is 5.33 Å². The highest BCUT2D eigenvalue weighted by molar-refractivity contribution is 9.09. The molecule has 1 N–H and O–H groups in total. The molecular formula is C8H9BrO2. The third-order valence-corrected chi connectivity index (χ3v) is 1.17. The number of carboxylic acids is 1. The molecule has 0 spiro atoms. The van der Waals surface area contributed by atoms with Crippen LogP contribution in [0.15, 0.2) is 36.5 Å². The highest BCUT2D eigenvalue weighted by Crippen LogP contribution is 1.84. The molecule has 0 heterocycles. The molecule has 60 valence electrons. The lowest BCUT2D eigenvalue weighted by molar-refractivity contribution is -0.131.